The molecule has 0 aromatic heterocycles. The molecule has 0 aliphatic heterocycles. The molecule has 2 nitrogen and oxygen atoms in total. The second-order valence-corrected chi connectivity index (χ2v) is 3.44. The predicted molar refractivity (Wildman–Crippen MR) is 46.3 cm³/mol. The molecular formula is C9H20O2. The van der Waals surface area contributed by atoms with E-state index in [9.17, 15) is 0 Å². The lowest BCUT2D eigenvalue weighted by molar-refractivity contribution is 0.0878. The van der Waals surface area contributed by atoms with Crippen molar-refractivity contribution >= 4 is 0 Å². The maximum Gasteiger partial charge on any atom is 0.0465 e. The largest absolute Gasteiger partial charge is 0.396 e. The van der Waals surface area contributed by atoms with Gasteiger partial charge in [-0.3, -0.25) is 0 Å². The molecule has 0 aliphatic rings. The lowest BCUT2D eigenvalue weighted by Gasteiger charge is -2.25. The van der Waals surface area contributed by atoms with Crippen molar-refractivity contribution in [2.45, 2.75) is 27.2 Å². The highest BCUT2D eigenvalue weighted by atomic mass is 16.3. The Morgan fingerprint density at radius 3 is 1.73 bits per heavy atom. The van der Waals surface area contributed by atoms with Gasteiger partial charge in [0.2, 0.25) is 0 Å². The van der Waals surface area contributed by atoms with Gasteiger partial charge >= 0.3 is 0 Å². The number of hydrogen-bond donors (Lipinski definition) is 2. The van der Waals surface area contributed by atoms with E-state index in [0.29, 0.717) is 5.92 Å². The Balaban J connectivity index is 3.98. The third-order valence-corrected chi connectivity index (χ3v) is 2.43. The molecular weight excluding hydrogens is 140 g/mol. The number of aliphatic hydroxyl groups excluding tert-OH is 2. The van der Waals surface area contributed by atoms with Crippen LogP contribution in [0.2, 0.25) is 0 Å². The summed E-state index contributed by atoms with van der Waals surface area (Å²) >= 11 is 0. The minimum atomic E-state index is 0.191. The van der Waals surface area contributed by atoms with Crippen molar-refractivity contribution in [2.75, 3.05) is 13.2 Å². The first-order valence-corrected chi connectivity index (χ1v) is 4.39. The summed E-state index contributed by atoms with van der Waals surface area (Å²) in [6.45, 7) is 6.60. The van der Waals surface area contributed by atoms with Crippen LogP contribution in [0.3, 0.4) is 0 Å². The zero-order chi connectivity index (χ0) is 8.85. The smallest absolute Gasteiger partial charge is 0.0465 e. The van der Waals surface area contributed by atoms with E-state index in [1.165, 1.54) is 0 Å². The van der Waals surface area contributed by atoms with Gasteiger partial charge in [-0.1, -0.05) is 27.2 Å². The summed E-state index contributed by atoms with van der Waals surface area (Å²) < 4.78 is 0. The molecule has 0 saturated carbocycles. The van der Waals surface area contributed by atoms with Crippen LogP contribution in [-0.2, 0) is 0 Å². The lowest BCUT2D eigenvalue weighted by atomic mass is 9.83. The fourth-order valence-electron chi connectivity index (χ4n) is 1.47. The van der Waals surface area contributed by atoms with Crippen molar-refractivity contribution in [3.63, 3.8) is 0 Å². The Hall–Kier alpha value is -0.0800. The van der Waals surface area contributed by atoms with Crippen LogP contribution in [0, 0.1) is 17.8 Å². The maximum absolute atomic E-state index is 9.02. The maximum atomic E-state index is 9.02. The molecule has 0 aromatic carbocycles. The number of rotatable bonds is 5. The summed E-state index contributed by atoms with van der Waals surface area (Å²) in [5.74, 6) is 0.974. The molecule has 0 bridgehead atoms. The van der Waals surface area contributed by atoms with E-state index in [0.717, 1.165) is 6.42 Å². The molecule has 2 heteroatoms. The molecule has 0 rings (SSSR count). The van der Waals surface area contributed by atoms with Gasteiger partial charge in [0.1, 0.15) is 0 Å². The quantitative estimate of drug-likeness (QED) is 0.636. The summed E-state index contributed by atoms with van der Waals surface area (Å²) in [6.07, 6.45) is 0.944. The molecule has 0 fully saturated rings. The molecule has 68 valence electrons. The molecule has 0 spiro atoms. The van der Waals surface area contributed by atoms with Crippen LogP contribution in [0.1, 0.15) is 27.2 Å². The Morgan fingerprint density at radius 1 is 1.09 bits per heavy atom. The van der Waals surface area contributed by atoms with E-state index >= 15 is 0 Å². The first kappa shape index (κ1) is 10.9. The molecule has 0 aliphatic carbocycles. The zero-order valence-electron chi connectivity index (χ0n) is 7.75. The third-order valence-electron chi connectivity index (χ3n) is 2.43. The van der Waals surface area contributed by atoms with E-state index in [4.69, 9.17) is 10.2 Å². The number of hydrogen-bond acceptors (Lipinski definition) is 2. The van der Waals surface area contributed by atoms with E-state index in [-0.39, 0.29) is 25.0 Å². The SMILES string of the molecule is CCC(CO)C(CO)C(C)C. The summed E-state index contributed by atoms with van der Waals surface area (Å²) in [7, 11) is 0. The second kappa shape index (κ2) is 5.56. The van der Waals surface area contributed by atoms with Crippen LogP contribution < -0.4 is 0 Å². The monoisotopic (exact) mass is 160 g/mol. The predicted octanol–water partition coefficient (Wildman–Crippen LogP) is 1.27. The van der Waals surface area contributed by atoms with Crippen LogP contribution in [0.4, 0.5) is 0 Å². The van der Waals surface area contributed by atoms with Crippen molar-refractivity contribution in [1.82, 2.24) is 0 Å². The Bertz CT molecular complexity index is 87.6. The average molecular weight is 160 g/mol. The van der Waals surface area contributed by atoms with Crippen molar-refractivity contribution in [3.8, 4) is 0 Å². The second-order valence-electron chi connectivity index (χ2n) is 3.44. The van der Waals surface area contributed by atoms with Crippen LogP contribution in [0.15, 0.2) is 0 Å². The van der Waals surface area contributed by atoms with Crippen molar-refractivity contribution in [1.29, 1.82) is 0 Å². The first-order chi connectivity index (χ1) is 5.17. The highest BCUT2D eigenvalue weighted by Gasteiger charge is 2.21. The topological polar surface area (TPSA) is 40.5 Å². The molecule has 0 aromatic rings. The van der Waals surface area contributed by atoms with E-state index < -0.39 is 0 Å². The van der Waals surface area contributed by atoms with Gasteiger partial charge in [0.15, 0.2) is 0 Å². The summed E-state index contributed by atoms with van der Waals surface area (Å²) in [5, 5.41) is 18.0. The number of aliphatic hydroxyl groups is 2. The summed E-state index contributed by atoms with van der Waals surface area (Å²) in [5.41, 5.74) is 0. The fourth-order valence-corrected chi connectivity index (χ4v) is 1.47. The van der Waals surface area contributed by atoms with Crippen molar-refractivity contribution < 1.29 is 10.2 Å². The van der Waals surface area contributed by atoms with Crippen molar-refractivity contribution in [2.24, 2.45) is 17.8 Å². The minimum Gasteiger partial charge on any atom is -0.396 e. The summed E-state index contributed by atoms with van der Waals surface area (Å²) in [6, 6.07) is 0. The summed E-state index contributed by atoms with van der Waals surface area (Å²) in [4.78, 5) is 0. The fraction of sp³-hybridized carbons (Fsp3) is 1.00. The average Bonchev–Trinajstić information content (AvgIpc) is 1.99. The molecule has 11 heavy (non-hydrogen) atoms. The van der Waals surface area contributed by atoms with Crippen LogP contribution in [0.5, 0.6) is 0 Å². The lowest BCUT2D eigenvalue weighted by Crippen LogP contribution is -2.25. The van der Waals surface area contributed by atoms with E-state index in [1.54, 1.807) is 0 Å². The molecule has 2 atom stereocenters. The Labute approximate surface area is 69.2 Å². The van der Waals surface area contributed by atoms with Gasteiger partial charge in [0.25, 0.3) is 0 Å². The van der Waals surface area contributed by atoms with E-state index in [1.807, 2.05) is 6.92 Å². The minimum absolute atomic E-state index is 0.191. The van der Waals surface area contributed by atoms with Crippen LogP contribution in [-0.4, -0.2) is 23.4 Å². The Kier molecular flexibility index (Phi) is 5.51. The van der Waals surface area contributed by atoms with Gasteiger partial charge in [-0.15, -0.1) is 0 Å². The molecule has 0 heterocycles. The molecule has 0 amide bonds. The highest BCUT2D eigenvalue weighted by molar-refractivity contribution is 4.70. The van der Waals surface area contributed by atoms with Gasteiger partial charge < -0.3 is 10.2 Å². The Morgan fingerprint density at radius 2 is 1.64 bits per heavy atom. The molecule has 0 radical (unpaired) electrons. The molecule has 2 N–H and O–H groups in total. The van der Waals surface area contributed by atoms with Gasteiger partial charge in [0.05, 0.1) is 0 Å². The first-order valence-electron chi connectivity index (χ1n) is 4.39. The standard InChI is InChI=1S/C9H20O2/c1-4-8(5-10)9(6-11)7(2)3/h7-11H,4-6H2,1-3H3. The molecule has 2 unspecified atom stereocenters. The zero-order valence-corrected chi connectivity index (χ0v) is 7.75. The highest BCUT2D eigenvalue weighted by Crippen LogP contribution is 2.22. The third kappa shape index (κ3) is 3.21. The van der Waals surface area contributed by atoms with E-state index in [2.05, 4.69) is 13.8 Å². The van der Waals surface area contributed by atoms with Crippen LogP contribution in [0.25, 0.3) is 0 Å². The van der Waals surface area contributed by atoms with Gasteiger partial charge in [-0.2, -0.15) is 0 Å². The van der Waals surface area contributed by atoms with Crippen molar-refractivity contribution in [3.05, 3.63) is 0 Å². The van der Waals surface area contributed by atoms with Gasteiger partial charge in [-0.05, 0) is 17.8 Å². The molecule has 0 saturated heterocycles. The van der Waals surface area contributed by atoms with Crippen LogP contribution >= 0.6 is 0 Å². The van der Waals surface area contributed by atoms with Gasteiger partial charge in [0, 0.05) is 13.2 Å². The van der Waals surface area contributed by atoms with Gasteiger partial charge in [-0.25, -0.2) is 0 Å². The normalized spacial score (nSPS) is 16.9.